The third-order valence-electron chi connectivity index (χ3n) is 4.94. The maximum Gasteiger partial charge on any atom is 0.319 e. The molecule has 1 aliphatic heterocycles. The molecule has 2 aromatic rings. The van der Waals surface area contributed by atoms with Crippen molar-refractivity contribution in [2.75, 3.05) is 25.5 Å². The summed E-state index contributed by atoms with van der Waals surface area (Å²) in [6.07, 6.45) is 0.653. The van der Waals surface area contributed by atoms with Gasteiger partial charge < -0.3 is 20.3 Å². The molecule has 3 rings (SSSR count). The van der Waals surface area contributed by atoms with Gasteiger partial charge in [-0.2, -0.15) is 0 Å². The molecule has 0 aliphatic carbocycles. The average molecular weight is 421 g/mol. The van der Waals surface area contributed by atoms with Crippen LogP contribution in [0.4, 0.5) is 23.7 Å². The van der Waals surface area contributed by atoms with Gasteiger partial charge in [0.25, 0.3) is 0 Å². The van der Waals surface area contributed by atoms with Crippen LogP contribution in [0.3, 0.4) is 0 Å². The zero-order valence-corrected chi connectivity index (χ0v) is 16.5. The number of carbonyl (C=O) groups is 2. The van der Waals surface area contributed by atoms with Crippen molar-refractivity contribution in [2.24, 2.45) is 0 Å². The summed E-state index contributed by atoms with van der Waals surface area (Å²) >= 11 is 0. The fourth-order valence-corrected chi connectivity index (χ4v) is 3.57. The highest BCUT2D eigenvalue weighted by molar-refractivity contribution is 5.95. The molecule has 0 spiro atoms. The van der Waals surface area contributed by atoms with Crippen LogP contribution in [0.1, 0.15) is 24.8 Å². The second-order valence-corrected chi connectivity index (χ2v) is 6.98. The Morgan fingerprint density at radius 1 is 1.17 bits per heavy atom. The fourth-order valence-electron chi connectivity index (χ4n) is 3.57. The number of urea groups is 1. The van der Waals surface area contributed by atoms with E-state index in [9.17, 15) is 22.8 Å². The van der Waals surface area contributed by atoms with Crippen molar-refractivity contribution in [1.82, 2.24) is 10.2 Å². The second-order valence-electron chi connectivity index (χ2n) is 6.98. The Balaban J connectivity index is 1.86. The van der Waals surface area contributed by atoms with Gasteiger partial charge in [0.15, 0.2) is 0 Å². The van der Waals surface area contributed by atoms with E-state index in [1.807, 2.05) is 6.92 Å². The van der Waals surface area contributed by atoms with Gasteiger partial charge in [-0.3, -0.25) is 4.79 Å². The predicted octanol–water partition coefficient (Wildman–Crippen LogP) is 3.64. The zero-order valence-electron chi connectivity index (χ0n) is 16.5. The third-order valence-corrected chi connectivity index (χ3v) is 4.94. The van der Waals surface area contributed by atoms with Crippen LogP contribution < -0.4 is 15.4 Å². The van der Waals surface area contributed by atoms with Gasteiger partial charge in [0.05, 0.1) is 7.11 Å². The Hall–Kier alpha value is -3.23. The van der Waals surface area contributed by atoms with Crippen molar-refractivity contribution in [2.45, 2.75) is 25.3 Å². The van der Waals surface area contributed by atoms with E-state index in [4.69, 9.17) is 4.74 Å². The molecule has 2 unspecified atom stereocenters. The van der Waals surface area contributed by atoms with Gasteiger partial charge in [-0.1, -0.05) is 6.92 Å². The van der Waals surface area contributed by atoms with Crippen molar-refractivity contribution in [3.63, 3.8) is 0 Å². The number of methoxy groups -OCH3 is 1. The summed E-state index contributed by atoms with van der Waals surface area (Å²) < 4.78 is 47.2. The van der Waals surface area contributed by atoms with Gasteiger partial charge in [0, 0.05) is 42.4 Å². The number of benzene rings is 2. The van der Waals surface area contributed by atoms with Crippen LogP contribution in [0.5, 0.6) is 5.75 Å². The minimum Gasteiger partial charge on any atom is -0.497 e. The molecule has 0 saturated carbocycles. The molecule has 2 N–H and O–H groups in total. The molecule has 6 nitrogen and oxygen atoms in total. The lowest BCUT2D eigenvalue weighted by Gasteiger charge is -2.20. The number of hydrogen-bond acceptors (Lipinski definition) is 3. The number of anilines is 1. The highest BCUT2D eigenvalue weighted by atomic mass is 19.1. The molecule has 160 valence electrons. The zero-order chi connectivity index (χ0) is 21.8. The molecule has 0 bridgehead atoms. The maximum absolute atomic E-state index is 14.7. The lowest BCUT2D eigenvalue weighted by atomic mass is 9.93. The molecule has 0 radical (unpaired) electrons. The number of rotatable bonds is 6. The molecular weight excluding hydrogens is 399 g/mol. The van der Waals surface area contributed by atoms with Gasteiger partial charge in [-0.25, -0.2) is 18.0 Å². The molecule has 3 amide bonds. The monoisotopic (exact) mass is 421 g/mol. The number of likely N-dealkylation sites (tertiary alicyclic amines) is 1. The van der Waals surface area contributed by atoms with Gasteiger partial charge in [-0.05, 0) is 30.7 Å². The first-order valence-electron chi connectivity index (χ1n) is 9.48. The Bertz CT molecular complexity index is 914. The first-order valence-corrected chi connectivity index (χ1v) is 9.48. The van der Waals surface area contributed by atoms with Crippen molar-refractivity contribution >= 4 is 17.6 Å². The van der Waals surface area contributed by atoms with Crippen LogP contribution in [-0.2, 0) is 4.79 Å². The number of nitrogens with zero attached hydrogens (tertiary/aromatic N) is 1. The summed E-state index contributed by atoms with van der Waals surface area (Å²) in [7, 11) is 1.29. The van der Waals surface area contributed by atoms with Gasteiger partial charge in [0.2, 0.25) is 5.91 Å². The van der Waals surface area contributed by atoms with E-state index in [0.29, 0.717) is 18.7 Å². The molecule has 1 saturated heterocycles. The van der Waals surface area contributed by atoms with Crippen molar-refractivity contribution < 1.29 is 27.5 Å². The molecular formula is C21H22F3N3O3. The highest BCUT2D eigenvalue weighted by Crippen LogP contribution is 2.34. The van der Waals surface area contributed by atoms with Crippen molar-refractivity contribution in [1.29, 1.82) is 0 Å². The lowest BCUT2D eigenvalue weighted by Crippen LogP contribution is -2.45. The fraction of sp³-hybridized carbons (Fsp3) is 0.333. The van der Waals surface area contributed by atoms with E-state index in [1.165, 1.54) is 36.3 Å². The second kappa shape index (κ2) is 9.06. The number of halogens is 3. The Labute approximate surface area is 172 Å². The molecule has 0 aromatic heterocycles. The van der Waals surface area contributed by atoms with E-state index in [1.54, 1.807) is 0 Å². The number of amides is 3. The molecule has 1 fully saturated rings. The number of ether oxygens (including phenoxy) is 1. The molecule has 30 heavy (non-hydrogen) atoms. The molecule has 1 heterocycles. The Morgan fingerprint density at radius 2 is 1.80 bits per heavy atom. The topological polar surface area (TPSA) is 70.7 Å². The largest absolute Gasteiger partial charge is 0.497 e. The molecule has 2 atom stereocenters. The van der Waals surface area contributed by atoms with Crippen LogP contribution >= 0.6 is 0 Å². The van der Waals surface area contributed by atoms with E-state index in [0.717, 1.165) is 12.1 Å². The van der Waals surface area contributed by atoms with Gasteiger partial charge in [0.1, 0.15) is 29.2 Å². The number of nitrogens with one attached hydrogen (secondary N) is 2. The van der Waals surface area contributed by atoms with Crippen LogP contribution in [0.15, 0.2) is 36.4 Å². The summed E-state index contributed by atoms with van der Waals surface area (Å²) in [6.45, 7) is 2.33. The SMILES string of the molecule is CCCN1CC(c2c(F)cc(OC)cc2F)C(NC(=O)Nc2ccc(F)cc2)C1=O. The van der Waals surface area contributed by atoms with Crippen molar-refractivity contribution in [3.05, 3.63) is 59.4 Å². The summed E-state index contributed by atoms with van der Waals surface area (Å²) in [5.41, 5.74) is 0.0259. The maximum atomic E-state index is 14.7. The quantitative estimate of drug-likeness (QED) is 0.748. The number of carbonyl (C=O) groups excluding carboxylic acids is 2. The minimum atomic E-state index is -1.16. The first-order chi connectivity index (χ1) is 14.3. The lowest BCUT2D eigenvalue weighted by molar-refractivity contribution is -0.129. The molecule has 9 heteroatoms. The normalized spacial score (nSPS) is 18.4. The van der Waals surface area contributed by atoms with Gasteiger partial charge in [-0.15, -0.1) is 0 Å². The predicted molar refractivity (Wildman–Crippen MR) is 105 cm³/mol. The van der Waals surface area contributed by atoms with Crippen LogP contribution in [0.25, 0.3) is 0 Å². The van der Waals surface area contributed by atoms with Crippen LogP contribution in [-0.4, -0.2) is 43.1 Å². The minimum absolute atomic E-state index is 0.0158. The van der Waals surface area contributed by atoms with Crippen LogP contribution in [0, 0.1) is 17.5 Å². The smallest absolute Gasteiger partial charge is 0.319 e. The number of hydrogen-bond donors (Lipinski definition) is 2. The van der Waals surface area contributed by atoms with E-state index < -0.39 is 41.3 Å². The summed E-state index contributed by atoms with van der Waals surface area (Å²) in [4.78, 5) is 26.7. The Kier molecular flexibility index (Phi) is 6.49. The standard InChI is InChI=1S/C21H22F3N3O3/c1-3-8-27-11-15(18-16(23)9-14(30-2)10-17(18)24)19(20(27)28)26-21(29)25-13-6-4-12(22)5-7-13/h4-7,9-10,15,19H,3,8,11H2,1-2H3,(H2,25,26,29). The molecule has 1 aliphatic rings. The van der Waals surface area contributed by atoms with E-state index in [2.05, 4.69) is 10.6 Å². The summed E-state index contributed by atoms with van der Waals surface area (Å²) in [6, 6.07) is 5.24. The van der Waals surface area contributed by atoms with Crippen molar-refractivity contribution in [3.8, 4) is 5.75 Å². The highest BCUT2D eigenvalue weighted by Gasteiger charge is 2.44. The van der Waals surface area contributed by atoms with E-state index >= 15 is 0 Å². The Morgan fingerprint density at radius 3 is 2.37 bits per heavy atom. The summed E-state index contributed by atoms with van der Waals surface area (Å²) in [5, 5.41) is 5.00. The molecule has 2 aromatic carbocycles. The van der Waals surface area contributed by atoms with Crippen LogP contribution in [0.2, 0.25) is 0 Å². The van der Waals surface area contributed by atoms with E-state index in [-0.39, 0.29) is 17.9 Å². The third kappa shape index (κ3) is 4.50. The average Bonchev–Trinajstić information content (AvgIpc) is 2.99. The first kappa shape index (κ1) is 21.5. The van der Waals surface area contributed by atoms with Gasteiger partial charge >= 0.3 is 6.03 Å². The summed E-state index contributed by atoms with van der Waals surface area (Å²) in [5.74, 6) is -3.50.